The van der Waals surface area contributed by atoms with Crippen molar-refractivity contribution in [1.29, 1.82) is 0 Å². The predicted molar refractivity (Wildman–Crippen MR) is 91.3 cm³/mol. The average molecular weight is 280 g/mol. The van der Waals surface area contributed by atoms with Gasteiger partial charge < -0.3 is 5.11 Å². The zero-order valence-electron chi connectivity index (χ0n) is 11.2. The molecule has 0 saturated heterocycles. The van der Waals surface area contributed by atoms with Crippen molar-refractivity contribution in [2.24, 2.45) is 0 Å². The van der Waals surface area contributed by atoms with Gasteiger partial charge in [-0.25, -0.2) is 4.98 Å². The second-order valence-electron chi connectivity index (χ2n) is 4.96. The second kappa shape index (κ2) is 5.80. The van der Waals surface area contributed by atoms with Gasteiger partial charge >= 0.3 is 18.9 Å². The van der Waals surface area contributed by atoms with Gasteiger partial charge in [0.05, 0.1) is 16.7 Å². The Morgan fingerprint density at radius 1 is 0.773 bits per heavy atom. The van der Waals surface area contributed by atoms with E-state index in [4.69, 9.17) is 4.98 Å². The summed E-state index contributed by atoms with van der Waals surface area (Å²) in [5.41, 5.74) is 3.51. The number of nitrogens with zero attached hydrogens (tertiary/aromatic N) is 2. The van der Waals surface area contributed by atoms with E-state index in [0.717, 1.165) is 33.1 Å². The minimum absolute atomic E-state index is 0. The van der Waals surface area contributed by atoms with E-state index < -0.39 is 0 Å². The fourth-order valence-corrected chi connectivity index (χ4v) is 2.55. The molecular weight excluding hydrogens is 267 g/mol. The van der Waals surface area contributed by atoms with E-state index in [1.54, 1.807) is 18.3 Å². The molecule has 0 fully saturated rings. The maximum absolute atomic E-state index is 9.62. The van der Waals surface area contributed by atoms with Gasteiger partial charge in [-0.2, -0.15) is 0 Å². The number of rotatable bonds is 1. The molecule has 0 spiro atoms. The first-order valence-corrected chi connectivity index (χ1v) is 6.75. The molecule has 0 aliphatic rings. The molecule has 102 valence electrons. The van der Waals surface area contributed by atoms with Crippen LogP contribution in [0.15, 0.2) is 66.9 Å². The molecule has 0 amide bonds. The molecular formula is C18H13LiN2O. The molecule has 2 aromatic carbocycles. The molecule has 0 radical (unpaired) electrons. The van der Waals surface area contributed by atoms with Gasteiger partial charge in [-0.15, -0.1) is 0 Å². The summed E-state index contributed by atoms with van der Waals surface area (Å²) in [4.78, 5) is 9.19. The van der Waals surface area contributed by atoms with E-state index in [0.29, 0.717) is 0 Å². The first-order chi connectivity index (χ1) is 10.3. The Morgan fingerprint density at radius 3 is 2.36 bits per heavy atom. The third-order valence-corrected chi connectivity index (χ3v) is 3.57. The van der Waals surface area contributed by atoms with Gasteiger partial charge in [-0.3, -0.25) is 4.98 Å². The van der Waals surface area contributed by atoms with Gasteiger partial charge in [0.15, 0.2) is 0 Å². The van der Waals surface area contributed by atoms with E-state index >= 15 is 0 Å². The molecule has 2 heterocycles. The van der Waals surface area contributed by atoms with Gasteiger partial charge in [-0.1, -0.05) is 36.4 Å². The van der Waals surface area contributed by atoms with Crippen LogP contribution in [0.3, 0.4) is 0 Å². The minimum atomic E-state index is 0. The Hall–Kier alpha value is -2.34. The molecule has 3 nitrogen and oxygen atoms in total. The molecule has 22 heavy (non-hydrogen) atoms. The molecule has 0 atom stereocenters. The van der Waals surface area contributed by atoms with Crippen molar-refractivity contribution in [3.8, 4) is 17.0 Å². The molecule has 0 aliphatic carbocycles. The summed E-state index contributed by atoms with van der Waals surface area (Å²) in [5.74, 6) is 0.241. The van der Waals surface area contributed by atoms with E-state index in [1.807, 2.05) is 36.4 Å². The van der Waals surface area contributed by atoms with Crippen molar-refractivity contribution >= 4 is 40.7 Å². The third-order valence-electron chi connectivity index (χ3n) is 3.57. The van der Waals surface area contributed by atoms with E-state index in [9.17, 15) is 5.11 Å². The molecule has 4 heteroatoms. The van der Waals surface area contributed by atoms with E-state index in [-0.39, 0.29) is 24.6 Å². The number of fused-ring (bicyclic) bond motifs is 3. The van der Waals surface area contributed by atoms with Gasteiger partial charge in [-0.05, 0) is 24.3 Å². The molecule has 0 aliphatic heterocycles. The number of hydrogen-bond acceptors (Lipinski definition) is 3. The van der Waals surface area contributed by atoms with Crippen LogP contribution < -0.4 is 0 Å². The number of hydrogen-bond donors (Lipinski definition) is 1. The fraction of sp³-hybridized carbons (Fsp3) is 0. The molecule has 0 unspecified atom stereocenters. The number of benzene rings is 2. The van der Waals surface area contributed by atoms with Crippen molar-refractivity contribution in [2.45, 2.75) is 0 Å². The standard InChI is InChI=1S/C18H12N2O.Li.H/c21-15-5-1-3-14(11-15)16-9-8-13-7-6-12-4-2-10-19-17(12)18(13)20-16;;/h1-11,21H;;. The molecule has 4 aromatic rings. The summed E-state index contributed by atoms with van der Waals surface area (Å²) in [7, 11) is 0. The zero-order valence-corrected chi connectivity index (χ0v) is 11.2. The quantitative estimate of drug-likeness (QED) is 0.429. The summed E-state index contributed by atoms with van der Waals surface area (Å²) in [6.45, 7) is 0. The summed E-state index contributed by atoms with van der Waals surface area (Å²) in [5, 5.41) is 11.8. The van der Waals surface area contributed by atoms with Crippen LogP contribution in [-0.4, -0.2) is 33.9 Å². The number of aromatic hydroxyl groups is 1. The summed E-state index contributed by atoms with van der Waals surface area (Å²) >= 11 is 0. The Morgan fingerprint density at radius 2 is 1.55 bits per heavy atom. The van der Waals surface area contributed by atoms with Crippen LogP contribution in [0.25, 0.3) is 33.1 Å². The maximum atomic E-state index is 9.62. The second-order valence-corrected chi connectivity index (χ2v) is 4.96. The Labute approximate surface area is 139 Å². The topological polar surface area (TPSA) is 46.0 Å². The predicted octanol–water partition coefficient (Wildman–Crippen LogP) is 3.51. The van der Waals surface area contributed by atoms with Gasteiger partial charge in [0.25, 0.3) is 0 Å². The van der Waals surface area contributed by atoms with E-state index in [1.165, 1.54) is 0 Å². The normalized spacial score (nSPS) is 10.5. The van der Waals surface area contributed by atoms with Crippen LogP contribution >= 0.6 is 0 Å². The summed E-state index contributed by atoms with van der Waals surface area (Å²) in [6, 6.07) is 19.2. The van der Waals surface area contributed by atoms with Crippen LogP contribution in [0, 0.1) is 0 Å². The van der Waals surface area contributed by atoms with Gasteiger partial charge in [0.2, 0.25) is 0 Å². The third kappa shape index (κ3) is 2.46. The molecule has 4 rings (SSSR count). The van der Waals surface area contributed by atoms with Crippen LogP contribution in [-0.2, 0) is 0 Å². The molecule has 0 saturated carbocycles. The van der Waals surface area contributed by atoms with Crippen molar-refractivity contribution in [3.05, 3.63) is 66.9 Å². The molecule has 1 N–H and O–H groups in total. The van der Waals surface area contributed by atoms with Crippen LogP contribution in [0.5, 0.6) is 5.75 Å². The van der Waals surface area contributed by atoms with Gasteiger partial charge in [0, 0.05) is 22.5 Å². The van der Waals surface area contributed by atoms with Crippen LogP contribution in [0.2, 0.25) is 0 Å². The first kappa shape index (κ1) is 14.6. The molecule has 2 aromatic heterocycles. The Kier molecular flexibility index (Phi) is 3.85. The first-order valence-electron chi connectivity index (χ1n) is 6.75. The van der Waals surface area contributed by atoms with Gasteiger partial charge in [0.1, 0.15) is 5.75 Å². The Balaban J connectivity index is 0.00000144. The summed E-state index contributed by atoms with van der Waals surface area (Å²) in [6.07, 6.45) is 1.78. The van der Waals surface area contributed by atoms with Crippen molar-refractivity contribution in [1.82, 2.24) is 9.97 Å². The molecule has 0 bridgehead atoms. The van der Waals surface area contributed by atoms with Crippen molar-refractivity contribution in [3.63, 3.8) is 0 Å². The number of phenolic OH excluding ortho intramolecular Hbond substituents is 1. The number of aromatic nitrogens is 2. The Bertz CT molecular complexity index is 969. The van der Waals surface area contributed by atoms with E-state index in [2.05, 4.69) is 17.1 Å². The van der Waals surface area contributed by atoms with Crippen molar-refractivity contribution < 1.29 is 5.11 Å². The van der Waals surface area contributed by atoms with Crippen molar-refractivity contribution in [2.75, 3.05) is 0 Å². The van der Waals surface area contributed by atoms with Crippen LogP contribution in [0.4, 0.5) is 0 Å². The fourth-order valence-electron chi connectivity index (χ4n) is 2.55. The number of pyridine rings is 2. The average Bonchev–Trinajstić information content (AvgIpc) is 2.54. The monoisotopic (exact) mass is 280 g/mol. The number of phenols is 1. The SMILES string of the molecule is Oc1cccc(-c2ccc3ccc4cccnc4c3n2)c1.[LiH]. The summed E-state index contributed by atoms with van der Waals surface area (Å²) < 4.78 is 0. The van der Waals surface area contributed by atoms with Crippen LogP contribution in [0.1, 0.15) is 0 Å². The zero-order chi connectivity index (χ0) is 14.2.